The summed E-state index contributed by atoms with van der Waals surface area (Å²) in [6.07, 6.45) is -1.24. The van der Waals surface area contributed by atoms with Gasteiger partial charge in [0, 0.05) is 6.20 Å². The van der Waals surface area contributed by atoms with Crippen molar-refractivity contribution >= 4 is 15.9 Å². The van der Waals surface area contributed by atoms with E-state index in [2.05, 4.69) is 25.8 Å². The molecule has 0 saturated heterocycles. The number of ether oxygens (including phenoxy) is 1. The molecule has 1 aromatic carbocycles. The lowest BCUT2D eigenvalue weighted by molar-refractivity contribution is -0.274. The fourth-order valence-corrected chi connectivity index (χ4v) is 1.74. The summed E-state index contributed by atoms with van der Waals surface area (Å²) in [7, 11) is 0. The molecule has 0 aliphatic heterocycles. The van der Waals surface area contributed by atoms with Crippen molar-refractivity contribution in [3.05, 3.63) is 46.7 Å². The minimum atomic E-state index is -4.66. The van der Waals surface area contributed by atoms with Crippen LogP contribution in [-0.4, -0.2) is 16.1 Å². The first-order valence-corrected chi connectivity index (χ1v) is 5.74. The van der Waals surface area contributed by atoms with Crippen LogP contribution in [-0.2, 0) is 6.54 Å². The lowest BCUT2D eigenvalue weighted by Crippen LogP contribution is -2.17. The number of hydrogen-bond donors (Lipinski definition) is 0. The van der Waals surface area contributed by atoms with E-state index in [1.807, 2.05) is 0 Å². The van der Waals surface area contributed by atoms with Crippen molar-refractivity contribution in [2.24, 2.45) is 0 Å². The van der Waals surface area contributed by atoms with Crippen molar-refractivity contribution < 1.29 is 17.9 Å². The minimum Gasteiger partial charge on any atom is -0.406 e. The Bertz CT molecular complexity index is 522. The van der Waals surface area contributed by atoms with Crippen LogP contribution in [0.4, 0.5) is 13.2 Å². The second-order valence-electron chi connectivity index (χ2n) is 3.55. The predicted octanol–water partition coefficient (Wildman–Crippen LogP) is 3.59. The summed E-state index contributed by atoms with van der Waals surface area (Å²) in [4.78, 5) is 0. The Kier molecular flexibility index (Phi) is 3.60. The van der Waals surface area contributed by atoms with Crippen molar-refractivity contribution in [3.63, 3.8) is 0 Å². The van der Waals surface area contributed by atoms with Crippen molar-refractivity contribution in [1.82, 2.24) is 9.78 Å². The fourth-order valence-electron chi connectivity index (χ4n) is 1.41. The molecule has 0 aliphatic rings. The molecular weight excluding hydrogens is 313 g/mol. The molecule has 18 heavy (non-hydrogen) atoms. The first-order valence-electron chi connectivity index (χ1n) is 4.95. The highest BCUT2D eigenvalue weighted by atomic mass is 79.9. The molecule has 0 radical (unpaired) electrons. The highest BCUT2D eigenvalue weighted by Gasteiger charge is 2.30. The van der Waals surface area contributed by atoms with Crippen LogP contribution in [0.2, 0.25) is 0 Å². The molecule has 1 heterocycles. The van der Waals surface area contributed by atoms with Crippen LogP contribution >= 0.6 is 15.9 Å². The molecule has 96 valence electrons. The zero-order valence-corrected chi connectivity index (χ0v) is 10.6. The second kappa shape index (κ2) is 5.01. The maximum atomic E-state index is 11.9. The monoisotopic (exact) mass is 320 g/mol. The van der Waals surface area contributed by atoms with E-state index in [0.717, 1.165) is 10.0 Å². The van der Waals surface area contributed by atoms with Crippen molar-refractivity contribution in [2.45, 2.75) is 12.9 Å². The maximum Gasteiger partial charge on any atom is 0.573 e. The van der Waals surface area contributed by atoms with E-state index in [1.54, 1.807) is 29.2 Å². The number of hydrogen-bond acceptors (Lipinski definition) is 2. The van der Waals surface area contributed by atoms with Crippen molar-refractivity contribution in [3.8, 4) is 5.75 Å². The van der Waals surface area contributed by atoms with E-state index < -0.39 is 6.36 Å². The standard InChI is InChI=1S/C11H8BrF3N2O/c12-9-5-16-17(7-9)6-8-1-3-10(4-2-8)18-11(13,14)15/h1-5,7H,6H2. The normalized spacial score (nSPS) is 11.6. The Morgan fingerprint density at radius 1 is 1.22 bits per heavy atom. The number of halogens is 4. The molecule has 7 heteroatoms. The molecule has 0 bridgehead atoms. The molecule has 3 nitrogen and oxygen atoms in total. The first-order chi connectivity index (χ1) is 8.42. The Morgan fingerprint density at radius 2 is 1.89 bits per heavy atom. The van der Waals surface area contributed by atoms with Gasteiger partial charge in [0.15, 0.2) is 0 Å². The largest absolute Gasteiger partial charge is 0.573 e. The average Bonchev–Trinajstić information content (AvgIpc) is 2.65. The van der Waals surface area contributed by atoms with Gasteiger partial charge in [0.25, 0.3) is 0 Å². The topological polar surface area (TPSA) is 27.1 Å². The van der Waals surface area contributed by atoms with Gasteiger partial charge in [0.1, 0.15) is 5.75 Å². The summed E-state index contributed by atoms with van der Waals surface area (Å²) in [6.45, 7) is 0.484. The van der Waals surface area contributed by atoms with E-state index in [9.17, 15) is 13.2 Å². The summed E-state index contributed by atoms with van der Waals surface area (Å²) in [6, 6.07) is 5.69. The number of alkyl halides is 3. The van der Waals surface area contributed by atoms with E-state index in [-0.39, 0.29) is 5.75 Å². The molecule has 0 saturated carbocycles. The Morgan fingerprint density at radius 3 is 2.39 bits per heavy atom. The summed E-state index contributed by atoms with van der Waals surface area (Å²) >= 11 is 3.26. The minimum absolute atomic E-state index is 0.229. The van der Waals surface area contributed by atoms with Gasteiger partial charge in [-0.2, -0.15) is 5.10 Å². The fraction of sp³-hybridized carbons (Fsp3) is 0.182. The molecule has 1 aromatic heterocycles. The maximum absolute atomic E-state index is 11.9. The molecule has 0 atom stereocenters. The molecule has 0 unspecified atom stereocenters. The van der Waals surface area contributed by atoms with Gasteiger partial charge >= 0.3 is 6.36 Å². The summed E-state index contributed by atoms with van der Waals surface area (Å²) in [5.74, 6) is -0.229. The van der Waals surface area contributed by atoms with Gasteiger partial charge < -0.3 is 4.74 Å². The summed E-state index contributed by atoms with van der Waals surface area (Å²) in [5.41, 5.74) is 0.833. The number of aromatic nitrogens is 2. The van der Waals surface area contributed by atoms with Crippen LogP contribution in [0.5, 0.6) is 5.75 Å². The highest BCUT2D eigenvalue weighted by Crippen LogP contribution is 2.22. The van der Waals surface area contributed by atoms with Crippen LogP contribution in [0.3, 0.4) is 0 Å². The van der Waals surface area contributed by atoms with E-state index in [4.69, 9.17) is 0 Å². The van der Waals surface area contributed by atoms with Gasteiger partial charge in [-0.3, -0.25) is 4.68 Å². The summed E-state index contributed by atoms with van der Waals surface area (Å²) < 4.78 is 42.1. The Labute approximate surface area is 109 Å². The van der Waals surface area contributed by atoms with E-state index in [1.165, 1.54) is 12.1 Å². The number of benzene rings is 1. The molecule has 2 aromatic rings. The van der Waals surface area contributed by atoms with Crippen LogP contribution in [0, 0.1) is 0 Å². The molecule has 0 N–H and O–H groups in total. The molecule has 0 amide bonds. The Balaban J connectivity index is 2.04. The quantitative estimate of drug-likeness (QED) is 0.864. The van der Waals surface area contributed by atoms with E-state index in [0.29, 0.717) is 6.54 Å². The smallest absolute Gasteiger partial charge is 0.406 e. The van der Waals surface area contributed by atoms with Gasteiger partial charge in [0.05, 0.1) is 17.2 Å². The second-order valence-corrected chi connectivity index (χ2v) is 4.46. The molecule has 0 spiro atoms. The third kappa shape index (κ3) is 3.76. The highest BCUT2D eigenvalue weighted by molar-refractivity contribution is 9.10. The lowest BCUT2D eigenvalue weighted by atomic mass is 10.2. The Hall–Kier alpha value is -1.50. The molecule has 0 aliphatic carbocycles. The summed E-state index contributed by atoms with van der Waals surface area (Å²) in [5, 5.41) is 4.05. The third-order valence-corrected chi connectivity index (χ3v) is 2.51. The van der Waals surface area contributed by atoms with Crippen molar-refractivity contribution in [1.29, 1.82) is 0 Å². The zero-order chi connectivity index (χ0) is 13.2. The number of rotatable bonds is 3. The molecular formula is C11H8BrF3N2O. The third-order valence-electron chi connectivity index (χ3n) is 2.10. The SMILES string of the molecule is FC(F)(F)Oc1ccc(Cn2cc(Br)cn2)cc1. The van der Waals surface area contributed by atoms with Gasteiger partial charge in [0.2, 0.25) is 0 Å². The number of nitrogens with zero attached hydrogens (tertiary/aromatic N) is 2. The molecule has 0 fully saturated rings. The average molecular weight is 321 g/mol. The van der Waals surface area contributed by atoms with Crippen molar-refractivity contribution in [2.75, 3.05) is 0 Å². The predicted molar refractivity (Wildman–Crippen MR) is 62.2 cm³/mol. The van der Waals surface area contributed by atoms with Gasteiger partial charge in [-0.15, -0.1) is 13.2 Å². The zero-order valence-electron chi connectivity index (χ0n) is 8.99. The van der Waals surface area contributed by atoms with Crippen LogP contribution in [0.1, 0.15) is 5.56 Å². The van der Waals surface area contributed by atoms with E-state index >= 15 is 0 Å². The van der Waals surface area contributed by atoms with Gasteiger partial charge in [-0.1, -0.05) is 12.1 Å². The van der Waals surface area contributed by atoms with Gasteiger partial charge in [-0.25, -0.2) is 0 Å². The van der Waals surface area contributed by atoms with Crippen LogP contribution in [0.25, 0.3) is 0 Å². The van der Waals surface area contributed by atoms with Crippen LogP contribution in [0.15, 0.2) is 41.1 Å². The van der Waals surface area contributed by atoms with Crippen LogP contribution < -0.4 is 4.74 Å². The first kappa shape index (κ1) is 12.9. The van der Waals surface area contributed by atoms with Gasteiger partial charge in [-0.05, 0) is 33.6 Å². The molecule has 2 rings (SSSR count). The lowest BCUT2D eigenvalue weighted by Gasteiger charge is -2.09.